The molecule has 4 aliphatic rings. The summed E-state index contributed by atoms with van der Waals surface area (Å²) in [6.07, 6.45) is 9.33. The molecule has 23 nitrogen and oxygen atoms in total. The summed E-state index contributed by atoms with van der Waals surface area (Å²) in [7, 11) is 2.12. The van der Waals surface area contributed by atoms with Gasteiger partial charge in [-0.3, -0.25) is 47.9 Å². The van der Waals surface area contributed by atoms with Gasteiger partial charge >= 0.3 is 17.9 Å². The van der Waals surface area contributed by atoms with E-state index in [0.717, 1.165) is 69.4 Å². The monoisotopic (exact) mass is 1390 g/mol. The minimum absolute atomic E-state index is 0. The second-order valence-electron chi connectivity index (χ2n) is 23.6. The van der Waals surface area contributed by atoms with Crippen molar-refractivity contribution in [3.05, 3.63) is 189 Å². The van der Waals surface area contributed by atoms with Gasteiger partial charge in [0, 0.05) is 68.0 Å². The number of fused-ring (bicyclic) bond motifs is 8. The molecule has 24 heteroatoms. The number of aryl methyl sites for hydroxylation is 2. The standard InChI is InChI=1S/C47H42N4O8.C15H22O6S.C13H18O5.CH4/c1-28-15-36-38(48-24-33-19-31-9-4-6-11-40(31)50(33)46(36)53)22-42(28)58-26-29-16-30(18-35(17-29)57-14-8-13-45(52)56-3)27-59-44-23-39-37(21-43(44)55-2)47(54)51-34(25-49-39)20-32-10-5-7-12-41(32)51;1-4-12-8-13(11-21-22(3,17)18)10-14(9-12)20-7-5-6-15(16)19-2;1-17-13(16)3-2-4-18-12-6-10(8-14)5-11(7-12)9-15;/h4-7,9-12,15-18,21-25,33-34H,8,13-14,19-20,26-27H2,1-3H3;8-10H,4-7,11H2,1-3H3;5-7,14-15H,2-4,8-9H2,1H3;1H4/t33-,34-;;;/m0.../s1. The zero-order valence-corrected chi connectivity index (χ0v) is 57.3. The minimum Gasteiger partial charge on any atom is -0.494 e. The normalized spacial score (nSPS) is 14.2. The Balaban J connectivity index is 0.000000254. The molecule has 0 saturated heterocycles. The van der Waals surface area contributed by atoms with Gasteiger partial charge in [-0.05, 0) is 149 Å². The molecule has 4 aliphatic heterocycles. The largest absolute Gasteiger partial charge is 0.494 e. The van der Waals surface area contributed by atoms with Crippen LogP contribution < -0.4 is 38.2 Å². The molecule has 2 atom stereocenters. The van der Waals surface area contributed by atoms with Crippen molar-refractivity contribution in [3.63, 3.8) is 0 Å². The third-order valence-electron chi connectivity index (χ3n) is 16.4. The Morgan fingerprint density at radius 2 is 0.910 bits per heavy atom. The van der Waals surface area contributed by atoms with Crippen molar-refractivity contribution in [2.24, 2.45) is 9.98 Å². The van der Waals surface area contributed by atoms with Crippen molar-refractivity contribution in [1.82, 2.24) is 0 Å². The lowest BCUT2D eigenvalue weighted by Crippen LogP contribution is -2.37. The van der Waals surface area contributed by atoms with Crippen molar-refractivity contribution in [2.45, 2.75) is 124 Å². The fourth-order valence-corrected chi connectivity index (χ4v) is 11.8. The molecule has 0 unspecified atom stereocenters. The van der Waals surface area contributed by atoms with Crippen LogP contribution in [0.4, 0.5) is 22.7 Å². The number of aliphatic hydroxyl groups is 2. The van der Waals surface area contributed by atoms with Gasteiger partial charge in [0.15, 0.2) is 11.5 Å². The van der Waals surface area contributed by atoms with Crippen molar-refractivity contribution in [3.8, 4) is 34.5 Å². The summed E-state index contributed by atoms with van der Waals surface area (Å²) in [5.74, 6) is 2.16. The third-order valence-corrected chi connectivity index (χ3v) is 17.0. The lowest BCUT2D eigenvalue weighted by atomic mass is 10.1. The number of methoxy groups -OCH3 is 4. The molecule has 0 aliphatic carbocycles. The summed E-state index contributed by atoms with van der Waals surface area (Å²) in [6, 6.07) is 39.0. The topological polar surface area (TPSA) is 283 Å². The van der Waals surface area contributed by atoms with Gasteiger partial charge in [-0.15, -0.1) is 0 Å². The Kier molecular flexibility index (Phi) is 27.3. The Labute approximate surface area is 583 Å². The number of para-hydroxylation sites is 2. The molecule has 7 aromatic rings. The summed E-state index contributed by atoms with van der Waals surface area (Å²) in [4.78, 5) is 74.5. The summed E-state index contributed by atoms with van der Waals surface area (Å²) in [5, 5.41) is 18.1. The van der Waals surface area contributed by atoms with E-state index in [1.54, 1.807) is 48.4 Å². The van der Waals surface area contributed by atoms with Crippen LogP contribution in [0.15, 0.2) is 137 Å². The van der Waals surface area contributed by atoms with Crippen LogP contribution in [0.5, 0.6) is 34.5 Å². The number of aliphatic imine (C=N–C) groups is 2. The molecule has 100 heavy (non-hydrogen) atoms. The first-order valence-electron chi connectivity index (χ1n) is 32.4. The molecule has 4 heterocycles. The number of carbonyl (C=O) groups is 5. The first-order valence-corrected chi connectivity index (χ1v) is 34.2. The van der Waals surface area contributed by atoms with Gasteiger partial charge in [-0.2, -0.15) is 8.42 Å². The molecule has 0 bridgehead atoms. The second-order valence-corrected chi connectivity index (χ2v) is 25.3. The summed E-state index contributed by atoms with van der Waals surface area (Å²) >= 11 is 0. The highest BCUT2D eigenvalue weighted by molar-refractivity contribution is 7.85. The van der Waals surface area contributed by atoms with Crippen LogP contribution in [0, 0.1) is 6.92 Å². The van der Waals surface area contributed by atoms with Gasteiger partial charge < -0.3 is 52.8 Å². The van der Waals surface area contributed by atoms with Gasteiger partial charge in [0.25, 0.3) is 21.9 Å². The SMILES string of the molecule is C.CCc1cc(COS(C)(=O)=O)cc(OCCCC(=O)OC)c1.COC(=O)CCCOc1cc(CO)cc(CO)c1.COC(=O)CCCOc1cc(COc2cc3c(cc2C)C(=O)N2c4ccccc4C[C@H]2C=N3)cc(COc2cc3c(cc2OC)C(=O)N2c4ccccc4C[C@H]2C=N3)c1. The van der Waals surface area contributed by atoms with Gasteiger partial charge in [-0.1, -0.05) is 62.9 Å². The highest BCUT2D eigenvalue weighted by atomic mass is 32.2. The average molecular weight is 1390 g/mol. The van der Waals surface area contributed by atoms with Crippen LogP contribution in [0.2, 0.25) is 0 Å². The number of hydrogen-bond donors (Lipinski definition) is 2. The number of amides is 2. The van der Waals surface area contributed by atoms with Crippen molar-refractivity contribution >= 4 is 75.0 Å². The van der Waals surface area contributed by atoms with Crippen molar-refractivity contribution < 1.29 is 89.4 Å². The molecular weight excluding hydrogens is 1300 g/mol. The molecule has 0 radical (unpaired) electrons. The zero-order chi connectivity index (χ0) is 70.6. The summed E-state index contributed by atoms with van der Waals surface area (Å²) in [5.41, 5.74) is 11.6. The Morgan fingerprint density at radius 1 is 0.510 bits per heavy atom. The van der Waals surface area contributed by atoms with Crippen LogP contribution in [0.1, 0.15) is 124 Å². The average Bonchev–Trinajstić information content (AvgIpc) is 1.61. The lowest BCUT2D eigenvalue weighted by molar-refractivity contribution is -0.141. The molecule has 0 aromatic heterocycles. The predicted molar refractivity (Wildman–Crippen MR) is 378 cm³/mol. The highest BCUT2D eigenvalue weighted by Gasteiger charge is 2.38. The van der Waals surface area contributed by atoms with Crippen molar-refractivity contribution in [1.29, 1.82) is 0 Å². The number of hydrogen-bond acceptors (Lipinski definition) is 21. The number of aliphatic hydroxyl groups excluding tert-OH is 2. The molecule has 0 spiro atoms. The number of anilines is 2. The molecule has 2 N–H and O–H groups in total. The predicted octanol–water partition coefficient (Wildman–Crippen LogP) is 11.8. The molecule has 7 aromatic carbocycles. The van der Waals surface area contributed by atoms with Gasteiger partial charge in [0.05, 0.1) is 109 Å². The van der Waals surface area contributed by atoms with E-state index in [-0.39, 0.29) is 88.7 Å². The van der Waals surface area contributed by atoms with E-state index >= 15 is 0 Å². The Morgan fingerprint density at radius 3 is 1.35 bits per heavy atom. The molecule has 530 valence electrons. The number of rotatable bonds is 28. The maximum atomic E-state index is 13.9. The molecule has 0 fully saturated rings. The van der Waals surface area contributed by atoms with E-state index in [0.29, 0.717) is 126 Å². The quantitative estimate of drug-likeness (QED) is 0.0199. The number of carbonyl (C=O) groups excluding carboxylic acids is 5. The Bertz CT molecular complexity index is 4210. The maximum Gasteiger partial charge on any atom is 0.305 e. The summed E-state index contributed by atoms with van der Waals surface area (Å²) < 4.78 is 76.4. The zero-order valence-electron chi connectivity index (χ0n) is 56.5. The molecule has 0 saturated carbocycles. The fraction of sp³-hybridized carbons (Fsp3) is 0.355. The smallest absolute Gasteiger partial charge is 0.305 e. The molecular formula is C76H86N4O19S. The van der Waals surface area contributed by atoms with E-state index in [4.69, 9.17) is 57.5 Å². The van der Waals surface area contributed by atoms with Crippen LogP contribution in [0.25, 0.3) is 0 Å². The van der Waals surface area contributed by atoms with Crippen molar-refractivity contribution in [2.75, 3.05) is 64.3 Å². The lowest BCUT2D eigenvalue weighted by Gasteiger charge is -2.22. The van der Waals surface area contributed by atoms with E-state index in [1.807, 2.05) is 116 Å². The number of benzene rings is 7. The van der Waals surface area contributed by atoms with E-state index in [2.05, 4.69) is 15.5 Å². The van der Waals surface area contributed by atoms with Crippen LogP contribution in [-0.4, -0.2) is 127 Å². The molecule has 11 rings (SSSR count). The van der Waals surface area contributed by atoms with Gasteiger partial charge in [-0.25, -0.2) is 0 Å². The van der Waals surface area contributed by atoms with E-state index in [1.165, 1.54) is 21.3 Å². The third kappa shape index (κ3) is 20.3. The van der Waals surface area contributed by atoms with Gasteiger partial charge in [0.2, 0.25) is 0 Å². The van der Waals surface area contributed by atoms with Crippen LogP contribution >= 0.6 is 0 Å². The first kappa shape index (κ1) is 75.6. The van der Waals surface area contributed by atoms with E-state index in [9.17, 15) is 32.4 Å². The number of ether oxygens (including phenoxy) is 9. The number of esters is 3. The Hall–Kier alpha value is -10.1. The van der Waals surface area contributed by atoms with Crippen LogP contribution in [-0.2, 0) is 95.2 Å². The second kappa shape index (κ2) is 36.1. The minimum atomic E-state index is -3.48. The number of nitrogens with zero attached hydrogens (tertiary/aromatic N) is 4. The fourth-order valence-electron chi connectivity index (χ4n) is 11.5. The highest BCUT2D eigenvalue weighted by Crippen LogP contribution is 2.43. The molecule has 2 amide bonds. The summed E-state index contributed by atoms with van der Waals surface area (Å²) in [6.45, 7) is 5.07. The maximum absolute atomic E-state index is 13.9. The first-order chi connectivity index (χ1) is 47.8. The van der Waals surface area contributed by atoms with Gasteiger partial charge in [0.1, 0.15) is 36.2 Å². The van der Waals surface area contributed by atoms with Crippen LogP contribution in [0.3, 0.4) is 0 Å². The van der Waals surface area contributed by atoms with E-state index < -0.39 is 10.1 Å².